The van der Waals surface area contributed by atoms with Crippen molar-refractivity contribution in [3.8, 4) is 11.5 Å². The van der Waals surface area contributed by atoms with Crippen molar-refractivity contribution in [3.05, 3.63) is 60.7 Å². The third-order valence-electron chi connectivity index (χ3n) is 7.94. The molecule has 0 saturated heterocycles. The van der Waals surface area contributed by atoms with Gasteiger partial charge in [0.15, 0.2) is 0 Å². The Morgan fingerprint density at radius 2 is 1.26 bits per heavy atom. The average Bonchev–Trinajstić information content (AvgIpc) is 2.99. The van der Waals surface area contributed by atoms with E-state index in [0.29, 0.717) is 13.0 Å². The van der Waals surface area contributed by atoms with Gasteiger partial charge in [0.05, 0.1) is 6.61 Å². The van der Waals surface area contributed by atoms with E-state index in [-0.39, 0.29) is 11.7 Å². The van der Waals surface area contributed by atoms with Crippen LogP contribution in [0.3, 0.4) is 0 Å². The van der Waals surface area contributed by atoms with E-state index in [4.69, 9.17) is 4.74 Å². The fourth-order valence-electron chi connectivity index (χ4n) is 5.50. The van der Waals surface area contributed by atoms with Gasteiger partial charge in [0.25, 0.3) is 0 Å². The predicted molar refractivity (Wildman–Crippen MR) is 179 cm³/mol. The lowest BCUT2D eigenvalue weighted by Crippen LogP contribution is -2.16. The van der Waals surface area contributed by atoms with Crippen LogP contribution in [0.1, 0.15) is 116 Å². The molecule has 3 N–H and O–H groups in total. The number of aromatic hydroxyl groups is 1. The van der Waals surface area contributed by atoms with Gasteiger partial charge >= 0.3 is 0 Å². The van der Waals surface area contributed by atoms with Crippen LogP contribution in [-0.4, -0.2) is 24.2 Å². The van der Waals surface area contributed by atoms with Crippen molar-refractivity contribution in [2.24, 2.45) is 0 Å². The van der Waals surface area contributed by atoms with Crippen molar-refractivity contribution < 1.29 is 14.6 Å². The number of hydrogen-bond acceptors (Lipinski definition) is 4. The molecular weight excluding hydrogens is 520 g/mol. The Morgan fingerprint density at radius 1 is 0.690 bits per heavy atom. The van der Waals surface area contributed by atoms with E-state index in [0.717, 1.165) is 40.9 Å². The maximum absolute atomic E-state index is 12.6. The van der Waals surface area contributed by atoms with Gasteiger partial charge in [-0.1, -0.05) is 134 Å². The van der Waals surface area contributed by atoms with Crippen molar-refractivity contribution in [2.75, 3.05) is 23.8 Å². The first-order valence-electron chi connectivity index (χ1n) is 16.6. The summed E-state index contributed by atoms with van der Waals surface area (Å²) in [6, 6.07) is 18.9. The molecule has 1 amide bonds. The van der Waals surface area contributed by atoms with Gasteiger partial charge in [0.1, 0.15) is 11.5 Å². The molecule has 0 aromatic heterocycles. The molecule has 0 saturated carbocycles. The molecule has 3 aromatic carbocycles. The predicted octanol–water partition coefficient (Wildman–Crippen LogP) is 10.6. The molecule has 0 atom stereocenters. The second kappa shape index (κ2) is 20.6. The molecule has 5 nitrogen and oxygen atoms in total. The SMILES string of the molecule is CCCCCCCCCCCCCCCCCCOc1cccc2c(NC(=O)CCNc3cccc(O)c3)cccc12. The fourth-order valence-corrected chi connectivity index (χ4v) is 5.50. The van der Waals surface area contributed by atoms with Gasteiger partial charge in [0.2, 0.25) is 5.91 Å². The van der Waals surface area contributed by atoms with Crippen LogP contribution < -0.4 is 15.4 Å². The van der Waals surface area contributed by atoms with E-state index in [2.05, 4.69) is 23.6 Å². The Balaban J connectivity index is 1.26. The van der Waals surface area contributed by atoms with Crippen LogP contribution in [0.15, 0.2) is 60.7 Å². The van der Waals surface area contributed by atoms with Crippen molar-refractivity contribution >= 4 is 28.1 Å². The first kappa shape index (κ1) is 33.3. The van der Waals surface area contributed by atoms with E-state index in [1.54, 1.807) is 18.2 Å². The third-order valence-corrected chi connectivity index (χ3v) is 7.94. The summed E-state index contributed by atoms with van der Waals surface area (Å²) in [6.45, 7) is 3.48. The second-order valence-corrected chi connectivity index (χ2v) is 11.6. The third kappa shape index (κ3) is 13.2. The summed E-state index contributed by atoms with van der Waals surface area (Å²) >= 11 is 0. The van der Waals surface area contributed by atoms with Crippen LogP contribution >= 0.6 is 0 Å². The van der Waals surface area contributed by atoms with Gasteiger partial charge < -0.3 is 20.5 Å². The summed E-state index contributed by atoms with van der Waals surface area (Å²) in [6.07, 6.45) is 22.1. The molecule has 0 spiro atoms. The molecule has 0 unspecified atom stereocenters. The standard InChI is InChI=1S/C37H54N2O3/c1-2-3-4-5-6-7-8-9-10-11-12-13-14-15-16-17-29-42-36-26-20-23-33-34(36)24-19-25-35(33)39-37(41)27-28-38-31-21-18-22-32(40)30-31/h18-26,30,38,40H,2-17,27-29H2,1H3,(H,39,41). The summed E-state index contributed by atoms with van der Waals surface area (Å²) in [5, 5.41) is 17.8. The number of benzene rings is 3. The molecule has 0 aliphatic heterocycles. The smallest absolute Gasteiger partial charge is 0.226 e. The zero-order valence-corrected chi connectivity index (χ0v) is 26.0. The number of phenolic OH excluding ortho intramolecular Hbond substituents is 1. The number of nitrogens with one attached hydrogen (secondary N) is 2. The molecule has 0 fully saturated rings. The van der Waals surface area contributed by atoms with Gasteiger partial charge in [-0.3, -0.25) is 4.79 Å². The lowest BCUT2D eigenvalue weighted by atomic mass is 10.0. The van der Waals surface area contributed by atoms with E-state index < -0.39 is 0 Å². The Labute approximate surface area is 254 Å². The number of carbonyl (C=O) groups excluding carboxylic acids is 1. The van der Waals surface area contributed by atoms with Gasteiger partial charge in [-0.05, 0) is 30.7 Å². The number of phenols is 1. The molecule has 0 aliphatic rings. The van der Waals surface area contributed by atoms with Crippen LogP contribution in [0.4, 0.5) is 11.4 Å². The van der Waals surface area contributed by atoms with Gasteiger partial charge in [0, 0.05) is 41.2 Å². The second-order valence-electron chi connectivity index (χ2n) is 11.6. The normalized spacial score (nSPS) is 11.1. The highest BCUT2D eigenvalue weighted by Gasteiger charge is 2.09. The zero-order chi connectivity index (χ0) is 29.7. The molecule has 0 bridgehead atoms. The molecule has 42 heavy (non-hydrogen) atoms. The average molecular weight is 575 g/mol. The Morgan fingerprint density at radius 3 is 1.90 bits per heavy atom. The van der Waals surface area contributed by atoms with Crippen LogP contribution in [-0.2, 0) is 4.79 Å². The summed E-state index contributed by atoms with van der Waals surface area (Å²) in [5.41, 5.74) is 1.59. The molecule has 0 aliphatic carbocycles. The highest BCUT2D eigenvalue weighted by molar-refractivity contribution is 6.04. The minimum absolute atomic E-state index is 0.0605. The first-order chi connectivity index (χ1) is 20.7. The number of unbranched alkanes of at least 4 members (excludes halogenated alkanes) is 15. The maximum Gasteiger partial charge on any atom is 0.226 e. The fraction of sp³-hybridized carbons (Fsp3) is 0.541. The number of rotatable bonds is 23. The number of carbonyl (C=O) groups is 1. The zero-order valence-electron chi connectivity index (χ0n) is 26.0. The number of amides is 1. The van der Waals surface area contributed by atoms with E-state index >= 15 is 0 Å². The Bertz CT molecular complexity index is 1160. The quantitative estimate of drug-likeness (QED) is 0.0985. The molecule has 0 heterocycles. The minimum atomic E-state index is -0.0605. The number of ether oxygens (including phenoxy) is 1. The van der Waals surface area contributed by atoms with Crippen LogP contribution in [0.25, 0.3) is 10.8 Å². The lowest BCUT2D eigenvalue weighted by molar-refractivity contribution is -0.115. The maximum atomic E-state index is 12.6. The first-order valence-corrected chi connectivity index (χ1v) is 16.6. The Hall–Kier alpha value is -3.21. The minimum Gasteiger partial charge on any atom is -0.508 e. The number of hydrogen-bond donors (Lipinski definition) is 3. The van der Waals surface area contributed by atoms with Crippen LogP contribution in [0, 0.1) is 0 Å². The van der Waals surface area contributed by atoms with Crippen molar-refractivity contribution in [1.29, 1.82) is 0 Å². The van der Waals surface area contributed by atoms with Crippen LogP contribution in [0.2, 0.25) is 0 Å². The summed E-state index contributed by atoms with van der Waals surface area (Å²) in [4.78, 5) is 12.6. The van der Waals surface area contributed by atoms with Crippen LogP contribution in [0.5, 0.6) is 11.5 Å². The molecule has 3 aromatic rings. The van der Waals surface area contributed by atoms with Gasteiger partial charge in [-0.2, -0.15) is 0 Å². The highest BCUT2D eigenvalue weighted by Crippen LogP contribution is 2.31. The monoisotopic (exact) mass is 574 g/mol. The number of anilines is 2. The topological polar surface area (TPSA) is 70.6 Å². The highest BCUT2D eigenvalue weighted by atomic mass is 16.5. The molecular formula is C37H54N2O3. The molecule has 230 valence electrons. The van der Waals surface area contributed by atoms with Crippen molar-refractivity contribution in [3.63, 3.8) is 0 Å². The molecule has 3 rings (SSSR count). The van der Waals surface area contributed by atoms with E-state index in [1.165, 1.54) is 96.3 Å². The van der Waals surface area contributed by atoms with Crippen molar-refractivity contribution in [1.82, 2.24) is 0 Å². The van der Waals surface area contributed by atoms with Gasteiger partial charge in [-0.25, -0.2) is 0 Å². The van der Waals surface area contributed by atoms with Crippen molar-refractivity contribution in [2.45, 2.75) is 116 Å². The molecule has 0 radical (unpaired) electrons. The summed E-state index contributed by atoms with van der Waals surface area (Å²) in [7, 11) is 0. The summed E-state index contributed by atoms with van der Waals surface area (Å²) in [5.74, 6) is 1.01. The largest absolute Gasteiger partial charge is 0.508 e. The molecule has 5 heteroatoms. The van der Waals surface area contributed by atoms with Gasteiger partial charge in [-0.15, -0.1) is 0 Å². The summed E-state index contributed by atoms with van der Waals surface area (Å²) < 4.78 is 6.18. The lowest BCUT2D eigenvalue weighted by Gasteiger charge is -2.13. The Kier molecular flexibility index (Phi) is 16.4. The number of fused-ring (bicyclic) bond motifs is 1. The van der Waals surface area contributed by atoms with E-state index in [1.807, 2.05) is 36.4 Å². The van der Waals surface area contributed by atoms with E-state index in [9.17, 15) is 9.90 Å².